The zero-order valence-corrected chi connectivity index (χ0v) is 12.7. The molecule has 4 N–H and O–H groups in total. The third-order valence-electron chi connectivity index (χ3n) is 2.63. The Balaban J connectivity index is 2.69. The van der Waals surface area contributed by atoms with Gasteiger partial charge in [-0.15, -0.1) is 11.8 Å². The fraction of sp³-hybridized carbons (Fsp3) is 0.200. The highest BCUT2D eigenvalue weighted by Gasteiger charge is 2.01. The van der Waals surface area contributed by atoms with Gasteiger partial charge in [0, 0.05) is 23.9 Å². The highest BCUT2D eigenvalue weighted by molar-refractivity contribution is 8.02. The van der Waals surface area contributed by atoms with E-state index in [9.17, 15) is 0 Å². The minimum Gasteiger partial charge on any atom is -0.497 e. The zero-order chi connectivity index (χ0) is 15.0. The average Bonchev–Trinajstić information content (AvgIpc) is 2.47. The van der Waals surface area contributed by atoms with Gasteiger partial charge in [0.15, 0.2) is 0 Å². The first-order valence-corrected chi connectivity index (χ1v) is 7.09. The molecule has 0 amide bonds. The van der Waals surface area contributed by atoms with Gasteiger partial charge in [0.2, 0.25) is 0 Å². The van der Waals surface area contributed by atoms with Gasteiger partial charge in [-0.3, -0.25) is 0 Å². The SMILES string of the molecule is C=C/C(=C\C(=C\N)N(C)N)SCc1ccc(OC)cc1. The second-order valence-electron chi connectivity index (χ2n) is 4.09. The van der Waals surface area contributed by atoms with Gasteiger partial charge in [0.25, 0.3) is 0 Å². The molecular weight excluding hydrogens is 270 g/mol. The highest BCUT2D eigenvalue weighted by atomic mass is 32.2. The molecule has 0 aliphatic carbocycles. The fourth-order valence-corrected chi connectivity index (χ4v) is 2.31. The number of benzene rings is 1. The summed E-state index contributed by atoms with van der Waals surface area (Å²) in [7, 11) is 3.40. The number of ether oxygens (including phenoxy) is 1. The van der Waals surface area contributed by atoms with E-state index in [1.165, 1.54) is 16.8 Å². The van der Waals surface area contributed by atoms with Crippen molar-refractivity contribution in [2.45, 2.75) is 5.75 Å². The first kappa shape index (κ1) is 16.2. The van der Waals surface area contributed by atoms with Gasteiger partial charge in [0.1, 0.15) is 5.75 Å². The number of thioether (sulfide) groups is 1. The maximum atomic E-state index is 5.67. The molecule has 0 heterocycles. The van der Waals surface area contributed by atoms with E-state index in [0.29, 0.717) is 0 Å². The summed E-state index contributed by atoms with van der Waals surface area (Å²) < 4.78 is 5.13. The Bertz CT molecular complexity index is 492. The van der Waals surface area contributed by atoms with E-state index in [1.54, 1.807) is 32.0 Å². The van der Waals surface area contributed by atoms with E-state index in [2.05, 4.69) is 6.58 Å². The molecule has 1 aromatic rings. The number of rotatable bonds is 7. The minimum atomic E-state index is 0.738. The van der Waals surface area contributed by atoms with Crippen LogP contribution < -0.4 is 16.3 Å². The first-order valence-electron chi connectivity index (χ1n) is 6.11. The molecule has 0 atom stereocenters. The van der Waals surface area contributed by atoms with Gasteiger partial charge in [0.05, 0.1) is 12.8 Å². The van der Waals surface area contributed by atoms with E-state index in [4.69, 9.17) is 16.3 Å². The fourth-order valence-electron chi connectivity index (χ4n) is 1.46. The summed E-state index contributed by atoms with van der Waals surface area (Å²) in [6.07, 6.45) is 5.17. The lowest BCUT2D eigenvalue weighted by atomic mass is 10.2. The van der Waals surface area contributed by atoms with Crippen LogP contribution in [-0.4, -0.2) is 19.2 Å². The van der Waals surface area contributed by atoms with E-state index >= 15 is 0 Å². The Hall–Kier alpha value is -1.85. The van der Waals surface area contributed by atoms with Crippen LogP contribution in [-0.2, 0) is 5.75 Å². The van der Waals surface area contributed by atoms with Crippen LogP contribution in [0.2, 0.25) is 0 Å². The van der Waals surface area contributed by atoms with Crippen LogP contribution in [0.3, 0.4) is 0 Å². The molecule has 108 valence electrons. The monoisotopic (exact) mass is 291 g/mol. The summed E-state index contributed by atoms with van der Waals surface area (Å²) in [5.41, 5.74) is 7.48. The Labute approximate surface area is 124 Å². The topological polar surface area (TPSA) is 64.5 Å². The van der Waals surface area contributed by atoms with Gasteiger partial charge < -0.3 is 15.5 Å². The third kappa shape index (κ3) is 5.03. The number of nitrogens with zero attached hydrogens (tertiary/aromatic N) is 1. The van der Waals surface area contributed by atoms with Crippen LogP contribution in [0, 0.1) is 0 Å². The van der Waals surface area contributed by atoms with Crippen molar-refractivity contribution in [3.05, 3.63) is 65.4 Å². The van der Waals surface area contributed by atoms with E-state index in [-0.39, 0.29) is 0 Å². The number of likely N-dealkylation sites (N-methyl/N-ethyl adjacent to an activating group) is 1. The molecule has 0 spiro atoms. The molecule has 1 rings (SSSR count). The largest absolute Gasteiger partial charge is 0.497 e. The molecule has 0 saturated carbocycles. The van der Waals surface area contributed by atoms with Crippen LogP contribution in [0.1, 0.15) is 5.56 Å². The molecular formula is C15H21N3OS. The number of hydrazine groups is 1. The van der Waals surface area contributed by atoms with E-state index < -0.39 is 0 Å². The average molecular weight is 291 g/mol. The number of nitrogens with two attached hydrogens (primary N) is 2. The summed E-state index contributed by atoms with van der Waals surface area (Å²) in [5.74, 6) is 7.37. The predicted molar refractivity (Wildman–Crippen MR) is 86.8 cm³/mol. The molecule has 0 radical (unpaired) electrons. The number of methoxy groups -OCH3 is 1. The summed E-state index contributed by atoms with van der Waals surface area (Å²) in [5, 5.41) is 1.47. The molecule has 0 aromatic heterocycles. The van der Waals surface area contributed by atoms with Crippen LogP contribution >= 0.6 is 11.8 Å². The van der Waals surface area contributed by atoms with Gasteiger partial charge in [-0.25, -0.2) is 5.84 Å². The molecule has 0 aliphatic heterocycles. The van der Waals surface area contributed by atoms with Gasteiger partial charge in [-0.05, 0) is 23.8 Å². The predicted octanol–water partition coefficient (Wildman–Crippen LogP) is 2.60. The van der Waals surface area contributed by atoms with Crippen molar-refractivity contribution in [1.82, 2.24) is 5.01 Å². The normalized spacial score (nSPS) is 12.2. The van der Waals surface area contributed by atoms with Gasteiger partial charge >= 0.3 is 0 Å². The lowest BCUT2D eigenvalue weighted by Gasteiger charge is -2.13. The Kier molecular flexibility index (Phi) is 6.76. The van der Waals surface area contributed by atoms with Crippen molar-refractivity contribution in [3.8, 4) is 5.75 Å². The molecule has 1 aromatic carbocycles. The second-order valence-corrected chi connectivity index (χ2v) is 5.14. The van der Waals surface area contributed by atoms with Crippen LogP contribution in [0.25, 0.3) is 0 Å². The number of allylic oxidation sites excluding steroid dienone is 2. The quantitative estimate of drug-likeness (QED) is 0.459. The Morgan fingerprint density at radius 3 is 2.50 bits per heavy atom. The molecule has 0 bridgehead atoms. The van der Waals surface area contributed by atoms with Gasteiger partial charge in [-0.2, -0.15) is 0 Å². The zero-order valence-electron chi connectivity index (χ0n) is 11.9. The smallest absolute Gasteiger partial charge is 0.118 e. The van der Waals surface area contributed by atoms with E-state index in [0.717, 1.165) is 22.1 Å². The van der Waals surface area contributed by atoms with Crippen molar-refractivity contribution in [3.63, 3.8) is 0 Å². The Morgan fingerprint density at radius 1 is 1.40 bits per heavy atom. The van der Waals surface area contributed by atoms with Crippen molar-refractivity contribution in [2.24, 2.45) is 11.6 Å². The molecule has 0 unspecified atom stereocenters. The highest BCUT2D eigenvalue weighted by Crippen LogP contribution is 2.24. The van der Waals surface area contributed by atoms with E-state index in [1.807, 2.05) is 30.3 Å². The van der Waals surface area contributed by atoms with Crippen molar-refractivity contribution < 1.29 is 4.74 Å². The standard InChI is InChI=1S/C15H21N3OS/c1-4-15(9-13(10-16)18(2)17)20-11-12-5-7-14(19-3)8-6-12/h4-10H,1,11,16-17H2,2-3H3/b13-10-,15-9+. The molecule has 5 heteroatoms. The summed E-state index contributed by atoms with van der Waals surface area (Å²) >= 11 is 1.67. The number of hydrogen-bond acceptors (Lipinski definition) is 5. The Morgan fingerprint density at radius 2 is 2.05 bits per heavy atom. The molecule has 4 nitrogen and oxygen atoms in total. The van der Waals surface area contributed by atoms with Gasteiger partial charge in [-0.1, -0.05) is 24.8 Å². The lowest BCUT2D eigenvalue weighted by Crippen LogP contribution is -2.25. The van der Waals surface area contributed by atoms with Crippen LogP contribution in [0.4, 0.5) is 0 Å². The summed E-state index contributed by atoms with van der Waals surface area (Å²) in [4.78, 5) is 1.01. The van der Waals surface area contributed by atoms with Crippen molar-refractivity contribution in [1.29, 1.82) is 0 Å². The number of hydrogen-bond donors (Lipinski definition) is 2. The summed E-state index contributed by atoms with van der Waals surface area (Å²) in [6.45, 7) is 3.81. The van der Waals surface area contributed by atoms with Crippen molar-refractivity contribution in [2.75, 3.05) is 14.2 Å². The van der Waals surface area contributed by atoms with Crippen LogP contribution in [0.15, 0.2) is 59.8 Å². The third-order valence-corrected chi connectivity index (χ3v) is 3.73. The van der Waals surface area contributed by atoms with Crippen LogP contribution in [0.5, 0.6) is 5.75 Å². The maximum Gasteiger partial charge on any atom is 0.118 e. The maximum absolute atomic E-state index is 5.67. The van der Waals surface area contributed by atoms with Crippen molar-refractivity contribution >= 4 is 11.8 Å². The molecule has 0 saturated heterocycles. The molecule has 20 heavy (non-hydrogen) atoms. The summed E-state index contributed by atoms with van der Waals surface area (Å²) in [6, 6.07) is 7.99. The minimum absolute atomic E-state index is 0.738. The molecule has 0 fully saturated rings. The first-order chi connectivity index (χ1) is 9.60. The lowest BCUT2D eigenvalue weighted by molar-refractivity contribution is 0.414. The molecule has 0 aliphatic rings. The second kappa shape index (κ2) is 8.35.